The third-order valence-corrected chi connectivity index (χ3v) is 7.30. The Kier molecular flexibility index (Phi) is 7.99. The van der Waals surface area contributed by atoms with Crippen LogP contribution in [-0.4, -0.2) is 17.1 Å². The van der Waals surface area contributed by atoms with E-state index >= 15 is 0 Å². The lowest BCUT2D eigenvalue weighted by Crippen LogP contribution is -2.39. The molecule has 0 bridgehead atoms. The lowest BCUT2D eigenvalue weighted by molar-refractivity contribution is -0.139. The molecular weight excluding hydrogens is 508 g/mol. The van der Waals surface area contributed by atoms with Crippen LogP contribution < -0.4 is 19.6 Å². The standard InChI is InChI=1S/C32H28N2O4S/c1-3-37-31(36)28-22(2)33-32-34(30(35)27(39-32)16-10-15-23-11-6-4-7-12-23)29(28)25-17-19-26(20-18-25)38-21-24-13-8-5-9-14-24/h4-20,29H,3,21H2,1-2H3. The van der Waals surface area contributed by atoms with E-state index in [1.54, 1.807) is 24.5 Å². The van der Waals surface area contributed by atoms with Crippen LogP contribution in [0.25, 0.3) is 12.2 Å². The largest absolute Gasteiger partial charge is 0.489 e. The highest BCUT2D eigenvalue weighted by atomic mass is 32.1. The maximum absolute atomic E-state index is 13.6. The third kappa shape index (κ3) is 5.84. The van der Waals surface area contributed by atoms with Crippen LogP contribution in [0.3, 0.4) is 0 Å². The van der Waals surface area contributed by atoms with Crippen molar-refractivity contribution in [3.8, 4) is 5.75 Å². The van der Waals surface area contributed by atoms with Crippen molar-refractivity contribution in [3.05, 3.63) is 139 Å². The first kappa shape index (κ1) is 26.1. The van der Waals surface area contributed by atoms with Crippen LogP contribution in [0, 0.1) is 0 Å². The normalized spacial score (nSPS) is 15.2. The zero-order valence-corrected chi connectivity index (χ0v) is 22.6. The molecule has 0 radical (unpaired) electrons. The van der Waals surface area contributed by atoms with E-state index in [9.17, 15) is 9.59 Å². The summed E-state index contributed by atoms with van der Waals surface area (Å²) < 4.78 is 13.4. The van der Waals surface area contributed by atoms with E-state index in [0.29, 0.717) is 33.0 Å². The summed E-state index contributed by atoms with van der Waals surface area (Å²) in [7, 11) is 0. The van der Waals surface area contributed by atoms with Gasteiger partial charge in [0.15, 0.2) is 4.80 Å². The Morgan fingerprint density at radius 1 is 1.00 bits per heavy atom. The number of hydrogen-bond acceptors (Lipinski definition) is 6. The lowest BCUT2D eigenvalue weighted by Gasteiger charge is -2.24. The van der Waals surface area contributed by atoms with Crippen molar-refractivity contribution in [1.29, 1.82) is 0 Å². The monoisotopic (exact) mass is 536 g/mol. The van der Waals surface area contributed by atoms with E-state index < -0.39 is 12.0 Å². The molecule has 39 heavy (non-hydrogen) atoms. The van der Waals surface area contributed by atoms with Gasteiger partial charge in [-0.1, -0.05) is 96.3 Å². The van der Waals surface area contributed by atoms with Gasteiger partial charge in [0.25, 0.3) is 5.56 Å². The Balaban J connectivity index is 1.51. The van der Waals surface area contributed by atoms with E-state index in [1.807, 2.05) is 97.1 Å². The lowest BCUT2D eigenvalue weighted by atomic mass is 9.96. The highest BCUT2D eigenvalue weighted by Crippen LogP contribution is 2.31. The van der Waals surface area contributed by atoms with Gasteiger partial charge in [-0.15, -0.1) is 0 Å². The van der Waals surface area contributed by atoms with Crippen LogP contribution in [0.15, 0.2) is 112 Å². The van der Waals surface area contributed by atoms with Gasteiger partial charge in [0.1, 0.15) is 12.4 Å². The van der Waals surface area contributed by atoms with Gasteiger partial charge in [0.2, 0.25) is 0 Å². The van der Waals surface area contributed by atoms with Crippen molar-refractivity contribution in [2.75, 3.05) is 6.61 Å². The zero-order chi connectivity index (χ0) is 27.2. The zero-order valence-electron chi connectivity index (χ0n) is 21.7. The van der Waals surface area contributed by atoms with Crippen molar-refractivity contribution in [2.45, 2.75) is 26.5 Å². The summed E-state index contributed by atoms with van der Waals surface area (Å²) in [5.41, 5.74) is 3.56. The first-order valence-corrected chi connectivity index (χ1v) is 13.5. The molecule has 0 amide bonds. The van der Waals surface area contributed by atoms with Crippen LogP contribution in [0.1, 0.15) is 36.6 Å². The molecule has 1 unspecified atom stereocenters. The average molecular weight is 537 g/mol. The Morgan fingerprint density at radius 3 is 2.38 bits per heavy atom. The second-order valence-electron chi connectivity index (χ2n) is 8.94. The predicted molar refractivity (Wildman–Crippen MR) is 154 cm³/mol. The van der Waals surface area contributed by atoms with Crippen LogP contribution in [0.5, 0.6) is 5.75 Å². The number of fused-ring (bicyclic) bond motifs is 1. The SMILES string of the molecule is CCOC(=O)C1=C(C)N=c2sc(=CC=Cc3ccccc3)c(=O)n2C1c1ccc(OCc2ccccc2)cc1. The summed E-state index contributed by atoms with van der Waals surface area (Å²) in [4.78, 5) is 31.9. The molecule has 4 aromatic rings. The summed E-state index contributed by atoms with van der Waals surface area (Å²) >= 11 is 1.30. The number of rotatable bonds is 8. The second-order valence-corrected chi connectivity index (χ2v) is 9.95. The average Bonchev–Trinajstić information content (AvgIpc) is 3.27. The molecule has 196 valence electrons. The van der Waals surface area contributed by atoms with Gasteiger partial charge in [-0.25, -0.2) is 9.79 Å². The molecule has 1 aromatic heterocycles. The van der Waals surface area contributed by atoms with Crippen molar-refractivity contribution in [1.82, 2.24) is 4.57 Å². The number of allylic oxidation sites excluding steroid dienone is 2. The van der Waals surface area contributed by atoms with E-state index in [1.165, 1.54) is 11.3 Å². The topological polar surface area (TPSA) is 69.9 Å². The summed E-state index contributed by atoms with van der Waals surface area (Å²) in [6, 6.07) is 26.6. The summed E-state index contributed by atoms with van der Waals surface area (Å²) in [6.45, 7) is 4.21. The Labute approximate surface area is 230 Å². The smallest absolute Gasteiger partial charge is 0.338 e. The molecular formula is C32H28N2O4S. The van der Waals surface area contributed by atoms with Gasteiger partial charge in [0, 0.05) is 0 Å². The van der Waals surface area contributed by atoms with E-state index in [-0.39, 0.29) is 12.2 Å². The number of nitrogens with zero attached hydrogens (tertiary/aromatic N) is 2. The van der Waals surface area contributed by atoms with E-state index in [0.717, 1.165) is 16.7 Å². The number of aromatic nitrogens is 1. The van der Waals surface area contributed by atoms with Crippen LogP contribution >= 0.6 is 11.3 Å². The van der Waals surface area contributed by atoms with Gasteiger partial charge in [-0.2, -0.15) is 0 Å². The van der Waals surface area contributed by atoms with Gasteiger partial charge in [0.05, 0.1) is 28.5 Å². The molecule has 0 N–H and O–H groups in total. The van der Waals surface area contributed by atoms with Crippen LogP contribution in [-0.2, 0) is 16.1 Å². The molecule has 0 spiro atoms. The first-order chi connectivity index (χ1) is 19.0. The highest BCUT2D eigenvalue weighted by Gasteiger charge is 2.33. The minimum absolute atomic E-state index is 0.208. The van der Waals surface area contributed by atoms with Gasteiger partial charge >= 0.3 is 5.97 Å². The maximum atomic E-state index is 13.6. The summed E-state index contributed by atoms with van der Waals surface area (Å²) in [5.74, 6) is 0.214. The summed E-state index contributed by atoms with van der Waals surface area (Å²) in [6.07, 6.45) is 5.59. The predicted octanol–water partition coefficient (Wildman–Crippen LogP) is 5.04. The number of hydrogen-bond donors (Lipinski definition) is 0. The van der Waals surface area contributed by atoms with E-state index in [2.05, 4.69) is 4.99 Å². The Bertz CT molecular complexity index is 1700. The molecule has 3 aromatic carbocycles. The molecule has 1 aliphatic heterocycles. The molecule has 7 heteroatoms. The van der Waals surface area contributed by atoms with Crippen molar-refractivity contribution < 1.29 is 14.3 Å². The van der Waals surface area contributed by atoms with Crippen LogP contribution in [0.2, 0.25) is 0 Å². The molecule has 0 aliphatic carbocycles. The number of benzene rings is 3. The van der Waals surface area contributed by atoms with E-state index in [4.69, 9.17) is 9.47 Å². The first-order valence-electron chi connectivity index (χ1n) is 12.7. The number of esters is 1. The number of carbonyl (C=O) groups is 1. The number of ether oxygens (including phenoxy) is 2. The fourth-order valence-electron chi connectivity index (χ4n) is 4.42. The summed E-state index contributed by atoms with van der Waals surface area (Å²) in [5, 5.41) is 0. The molecule has 5 rings (SSSR count). The van der Waals surface area contributed by atoms with Gasteiger partial charge in [-0.3, -0.25) is 9.36 Å². The Morgan fingerprint density at radius 2 is 1.69 bits per heavy atom. The van der Waals surface area contributed by atoms with Crippen molar-refractivity contribution >= 4 is 29.5 Å². The van der Waals surface area contributed by atoms with Crippen LogP contribution in [0.4, 0.5) is 0 Å². The highest BCUT2D eigenvalue weighted by molar-refractivity contribution is 7.07. The molecule has 0 fully saturated rings. The Hall–Kier alpha value is -4.49. The van der Waals surface area contributed by atoms with Crippen molar-refractivity contribution in [2.24, 2.45) is 4.99 Å². The minimum atomic E-state index is -0.663. The van der Waals surface area contributed by atoms with Crippen molar-refractivity contribution in [3.63, 3.8) is 0 Å². The van der Waals surface area contributed by atoms with Gasteiger partial charge < -0.3 is 9.47 Å². The molecule has 0 saturated carbocycles. The second kappa shape index (κ2) is 11.9. The molecule has 0 saturated heterocycles. The number of carbonyl (C=O) groups excluding carboxylic acids is 1. The third-order valence-electron chi connectivity index (χ3n) is 6.30. The molecule has 1 aliphatic rings. The molecule has 2 heterocycles. The fourth-order valence-corrected chi connectivity index (χ4v) is 5.42. The fraction of sp³-hybridized carbons (Fsp3) is 0.156. The minimum Gasteiger partial charge on any atom is -0.489 e. The molecule has 6 nitrogen and oxygen atoms in total. The quantitative estimate of drug-likeness (QED) is 0.296. The number of thiazole rings is 1. The molecule has 1 atom stereocenters. The maximum Gasteiger partial charge on any atom is 0.338 e. The van der Waals surface area contributed by atoms with Gasteiger partial charge in [-0.05, 0) is 48.7 Å².